The number of anilines is 4. The summed E-state index contributed by atoms with van der Waals surface area (Å²) in [5.74, 6) is 1.07. The molecule has 1 aliphatic heterocycles. The summed E-state index contributed by atoms with van der Waals surface area (Å²) in [6, 6.07) is 21.5. The minimum atomic E-state index is -0.367. The van der Waals surface area contributed by atoms with Gasteiger partial charge in [0.05, 0.1) is 6.61 Å². The normalized spacial score (nSPS) is 13.4. The maximum absolute atomic E-state index is 13.6. The predicted molar refractivity (Wildman–Crippen MR) is 181 cm³/mol. The molecule has 0 radical (unpaired) electrons. The van der Waals surface area contributed by atoms with Crippen molar-refractivity contribution < 1.29 is 14.3 Å². The standard InChI is InChI=1S/C35H43N7O3/c1-5-36-18-19-41-20-22-42(23-21-41)28-16-14-27(15-17-28)38-35-37-24-29(33(43)39-32-25(3)10-9-11-26(32)4)34(40-35)45-31-13-8-7-12-30(31)44-6-2/h7-17,24,36H,5-6,18-23H2,1-4H3,(H,39,43)(H,37,38,40). The molecule has 45 heavy (non-hydrogen) atoms. The van der Waals surface area contributed by atoms with E-state index in [-0.39, 0.29) is 17.4 Å². The van der Waals surface area contributed by atoms with Crippen molar-refractivity contribution in [2.75, 3.05) is 68.0 Å². The zero-order valence-electron chi connectivity index (χ0n) is 26.6. The molecule has 0 aliphatic carbocycles. The van der Waals surface area contributed by atoms with Crippen LogP contribution in [0, 0.1) is 13.8 Å². The molecule has 1 aromatic heterocycles. The Morgan fingerprint density at radius 3 is 2.29 bits per heavy atom. The van der Waals surface area contributed by atoms with Crippen molar-refractivity contribution in [2.45, 2.75) is 27.7 Å². The van der Waals surface area contributed by atoms with Crippen molar-refractivity contribution in [3.8, 4) is 17.4 Å². The molecule has 2 heterocycles. The van der Waals surface area contributed by atoms with Gasteiger partial charge in [0.2, 0.25) is 11.8 Å². The van der Waals surface area contributed by atoms with Crippen LogP contribution >= 0.6 is 0 Å². The number of nitrogens with zero attached hydrogens (tertiary/aromatic N) is 4. The minimum absolute atomic E-state index is 0.118. The van der Waals surface area contributed by atoms with Gasteiger partial charge in [0.1, 0.15) is 5.56 Å². The molecule has 1 saturated heterocycles. The smallest absolute Gasteiger partial charge is 0.262 e. The number of piperazine rings is 1. The Morgan fingerprint density at radius 2 is 1.60 bits per heavy atom. The number of carbonyl (C=O) groups is 1. The first-order chi connectivity index (χ1) is 21.9. The number of rotatable bonds is 13. The number of amides is 1. The monoisotopic (exact) mass is 609 g/mol. The summed E-state index contributed by atoms with van der Waals surface area (Å²) in [6.45, 7) is 15.7. The van der Waals surface area contributed by atoms with E-state index >= 15 is 0 Å². The number of ether oxygens (including phenoxy) is 2. The van der Waals surface area contributed by atoms with E-state index < -0.39 is 0 Å². The topological polar surface area (TPSA) is 104 Å². The molecule has 1 aliphatic rings. The van der Waals surface area contributed by atoms with Gasteiger partial charge < -0.3 is 30.3 Å². The third kappa shape index (κ3) is 8.29. The highest BCUT2D eigenvalue weighted by Crippen LogP contribution is 2.33. The van der Waals surface area contributed by atoms with Crippen LogP contribution in [0.1, 0.15) is 35.3 Å². The number of carbonyl (C=O) groups excluding carboxylic acids is 1. The van der Waals surface area contributed by atoms with Crippen molar-refractivity contribution >= 4 is 28.9 Å². The Hall–Kier alpha value is -4.67. The number of aryl methyl sites for hydroxylation is 2. The molecule has 4 aromatic rings. The van der Waals surface area contributed by atoms with Crippen molar-refractivity contribution in [3.05, 3.63) is 89.6 Å². The summed E-state index contributed by atoms with van der Waals surface area (Å²) in [6.07, 6.45) is 1.49. The Morgan fingerprint density at radius 1 is 0.889 bits per heavy atom. The first-order valence-electron chi connectivity index (χ1n) is 15.6. The summed E-state index contributed by atoms with van der Waals surface area (Å²) in [5, 5.41) is 9.70. The number of aromatic nitrogens is 2. The van der Waals surface area contributed by atoms with Gasteiger partial charge in [0.15, 0.2) is 11.5 Å². The second-order valence-corrected chi connectivity index (χ2v) is 11.0. The highest BCUT2D eigenvalue weighted by Gasteiger charge is 2.21. The molecular formula is C35H43N7O3. The molecule has 0 unspecified atom stereocenters. The molecule has 1 amide bonds. The van der Waals surface area contributed by atoms with E-state index in [4.69, 9.17) is 9.47 Å². The van der Waals surface area contributed by atoms with E-state index in [2.05, 4.69) is 54.8 Å². The molecule has 0 atom stereocenters. The summed E-state index contributed by atoms with van der Waals surface area (Å²) >= 11 is 0. The van der Waals surface area contributed by atoms with Gasteiger partial charge in [-0.3, -0.25) is 9.69 Å². The van der Waals surface area contributed by atoms with Crippen LogP contribution in [0.25, 0.3) is 0 Å². The lowest BCUT2D eigenvalue weighted by molar-refractivity contribution is 0.102. The molecule has 3 N–H and O–H groups in total. The Bertz CT molecular complexity index is 1550. The number of benzene rings is 3. The fourth-order valence-electron chi connectivity index (χ4n) is 5.29. The fourth-order valence-corrected chi connectivity index (χ4v) is 5.29. The molecule has 3 aromatic carbocycles. The summed E-state index contributed by atoms with van der Waals surface area (Å²) in [7, 11) is 0. The van der Waals surface area contributed by atoms with Gasteiger partial charge >= 0.3 is 0 Å². The SMILES string of the molecule is CCNCCN1CCN(c2ccc(Nc3ncc(C(=O)Nc4c(C)cccc4C)c(Oc4ccccc4OCC)n3)cc2)CC1. The van der Waals surface area contributed by atoms with Gasteiger partial charge in [-0.1, -0.05) is 37.3 Å². The van der Waals surface area contributed by atoms with Crippen LogP contribution in [-0.2, 0) is 0 Å². The second-order valence-electron chi connectivity index (χ2n) is 11.0. The molecule has 0 saturated carbocycles. The number of hydrogen-bond acceptors (Lipinski definition) is 9. The van der Waals surface area contributed by atoms with Crippen LogP contribution < -0.4 is 30.3 Å². The number of para-hydroxylation sites is 3. The second kappa shape index (κ2) is 15.4. The molecule has 236 valence electrons. The van der Waals surface area contributed by atoms with Gasteiger partial charge in [-0.2, -0.15) is 4.98 Å². The maximum atomic E-state index is 13.6. The average Bonchev–Trinajstić information content (AvgIpc) is 3.05. The lowest BCUT2D eigenvalue weighted by Gasteiger charge is -2.36. The number of nitrogens with one attached hydrogen (secondary N) is 3. The van der Waals surface area contributed by atoms with Crippen molar-refractivity contribution in [2.24, 2.45) is 0 Å². The molecular weight excluding hydrogens is 566 g/mol. The van der Waals surface area contributed by atoms with Crippen LogP contribution in [-0.4, -0.2) is 73.2 Å². The van der Waals surface area contributed by atoms with Crippen LogP contribution in [0.3, 0.4) is 0 Å². The van der Waals surface area contributed by atoms with Gasteiger partial charge in [0.25, 0.3) is 5.91 Å². The van der Waals surface area contributed by atoms with Crippen molar-refractivity contribution in [1.29, 1.82) is 0 Å². The van der Waals surface area contributed by atoms with Crippen LogP contribution in [0.2, 0.25) is 0 Å². The Balaban J connectivity index is 1.33. The molecule has 0 spiro atoms. The van der Waals surface area contributed by atoms with E-state index in [1.807, 2.05) is 69.3 Å². The number of likely N-dealkylation sites (N-methyl/N-ethyl adjacent to an activating group) is 1. The average molecular weight is 610 g/mol. The third-order valence-electron chi connectivity index (χ3n) is 7.79. The molecule has 5 rings (SSSR count). The molecule has 0 bridgehead atoms. The van der Waals surface area contributed by atoms with Crippen molar-refractivity contribution in [3.63, 3.8) is 0 Å². The van der Waals surface area contributed by atoms with Gasteiger partial charge in [-0.15, -0.1) is 0 Å². The van der Waals surface area contributed by atoms with Gasteiger partial charge in [-0.05, 0) is 74.8 Å². The first-order valence-corrected chi connectivity index (χ1v) is 15.6. The van der Waals surface area contributed by atoms with Gasteiger partial charge in [-0.25, -0.2) is 4.98 Å². The fraction of sp³-hybridized carbons (Fsp3) is 0.343. The highest BCUT2D eigenvalue weighted by atomic mass is 16.5. The third-order valence-corrected chi connectivity index (χ3v) is 7.79. The predicted octanol–water partition coefficient (Wildman–Crippen LogP) is 6.01. The Labute approximate surface area is 265 Å². The minimum Gasteiger partial charge on any atom is -0.490 e. The molecule has 10 heteroatoms. The van der Waals surface area contributed by atoms with Crippen LogP contribution in [0.4, 0.5) is 23.0 Å². The van der Waals surface area contributed by atoms with E-state index in [1.165, 1.54) is 11.9 Å². The zero-order chi connectivity index (χ0) is 31.6. The van der Waals surface area contributed by atoms with Crippen LogP contribution in [0.5, 0.6) is 17.4 Å². The first kappa shape index (κ1) is 31.7. The van der Waals surface area contributed by atoms with Crippen molar-refractivity contribution in [1.82, 2.24) is 20.2 Å². The van der Waals surface area contributed by atoms with Gasteiger partial charge in [0, 0.05) is 62.5 Å². The van der Waals surface area contributed by atoms with E-state index in [9.17, 15) is 4.79 Å². The summed E-state index contributed by atoms with van der Waals surface area (Å²) in [5.41, 5.74) is 4.89. The molecule has 1 fully saturated rings. The van der Waals surface area contributed by atoms with E-state index in [1.54, 1.807) is 6.07 Å². The molecule has 10 nitrogen and oxygen atoms in total. The van der Waals surface area contributed by atoms with E-state index in [0.29, 0.717) is 24.1 Å². The summed E-state index contributed by atoms with van der Waals surface area (Å²) < 4.78 is 12.0. The largest absolute Gasteiger partial charge is 0.490 e. The Kier molecular flexibility index (Phi) is 10.8. The number of hydrogen-bond donors (Lipinski definition) is 3. The quantitative estimate of drug-likeness (QED) is 0.157. The zero-order valence-corrected chi connectivity index (χ0v) is 26.6. The maximum Gasteiger partial charge on any atom is 0.262 e. The van der Waals surface area contributed by atoms with E-state index in [0.717, 1.165) is 68.3 Å². The lowest BCUT2D eigenvalue weighted by Crippen LogP contribution is -2.48. The highest BCUT2D eigenvalue weighted by molar-refractivity contribution is 6.06. The summed E-state index contributed by atoms with van der Waals surface area (Å²) in [4.78, 5) is 27.6. The lowest BCUT2D eigenvalue weighted by atomic mass is 10.1. The van der Waals surface area contributed by atoms with Crippen LogP contribution in [0.15, 0.2) is 72.9 Å².